The Morgan fingerprint density at radius 2 is 1.71 bits per heavy atom. The number of carboxylic acid groups (broad SMARTS) is 1. The molecule has 0 spiro atoms. The van der Waals surface area contributed by atoms with Crippen LogP contribution in [-0.2, 0) is 11.2 Å². The Morgan fingerprint density at radius 3 is 2.39 bits per heavy atom. The average molecular weight is 430 g/mol. The molecule has 0 aromatic heterocycles. The summed E-state index contributed by atoms with van der Waals surface area (Å²) in [4.78, 5) is 28.2. The number of piperidine rings is 1. The van der Waals surface area contributed by atoms with Crippen LogP contribution in [0, 0.1) is 11.6 Å². The Balaban J connectivity index is 1.91. The fraction of sp³-hybridized carbons (Fsp3) is 0.417. The van der Waals surface area contributed by atoms with Gasteiger partial charge < -0.3 is 14.9 Å². The first-order valence-corrected chi connectivity index (χ1v) is 10.5. The van der Waals surface area contributed by atoms with E-state index < -0.39 is 17.6 Å². The summed E-state index contributed by atoms with van der Waals surface area (Å²) < 4.78 is 28.5. The number of likely N-dealkylation sites (tertiary alicyclic amines) is 1. The number of hydrogen-bond donors (Lipinski definition) is 1. The largest absolute Gasteiger partial charge is 0.481 e. The van der Waals surface area contributed by atoms with Crippen LogP contribution in [0.3, 0.4) is 0 Å². The summed E-state index contributed by atoms with van der Waals surface area (Å²) in [6.07, 6.45) is 3.40. The lowest BCUT2D eigenvalue weighted by atomic mass is 9.96. The molecule has 5 nitrogen and oxygen atoms in total. The molecule has 1 heterocycles. The average Bonchev–Trinajstić information content (AvgIpc) is 2.70. The number of amides is 1. The lowest BCUT2D eigenvalue weighted by Gasteiger charge is -2.36. The van der Waals surface area contributed by atoms with Gasteiger partial charge in [-0.2, -0.15) is 0 Å². The molecule has 7 heteroatoms. The summed E-state index contributed by atoms with van der Waals surface area (Å²) in [5.41, 5.74) is 1.18. The van der Waals surface area contributed by atoms with Crippen molar-refractivity contribution in [3.05, 3.63) is 59.2 Å². The van der Waals surface area contributed by atoms with Gasteiger partial charge in [0.05, 0.1) is 6.42 Å². The highest BCUT2D eigenvalue weighted by Gasteiger charge is 2.28. The molecule has 1 N–H and O–H groups in total. The Labute approximate surface area is 181 Å². The maximum absolute atomic E-state index is 14.4. The molecule has 0 unspecified atom stereocenters. The van der Waals surface area contributed by atoms with Gasteiger partial charge >= 0.3 is 5.97 Å². The number of carbonyl (C=O) groups is 2. The van der Waals surface area contributed by atoms with Gasteiger partial charge in [-0.25, -0.2) is 8.78 Å². The third-order valence-electron chi connectivity index (χ3n) is 5.59. The van der Waals surface area contributed by atoms with E-state index in [9.17, 15) is 18.4 Å². The van der Waals surface area contributed by atoms with Crippen molar-refractivity contribution in [3.63, 3.8) is 0 Å². The van der Waals surface area contributed by atoms with Crippen molar-refractivity contribution in [3.8, 4) is 11.1 Å². The van der Waals surface area contributed by atoms with Gasteiger partial charge in [-0.1, -0.05) is 6.07 Å². The number of aliphatic carboxylic acids is 1. The maximum Gasteiger partial charge on any atom is 0.307 e. The van der Waals surface area contributed by atoms with Crippen LogP contribution >= 0.6 is 0 Å². The van der Waals surface area contributed by atoms with Crippen molar-refractivity contribution in [1.29, 1.82) is 0 Å². The van der Waals surface area contributed by atoms with E-state index in [1.165, 1.54) is 24.3 Å². The van der Waals surface area contributed by atoms with E-state index in [4.69, 9.17) is 5.11 Å². The molecule has 3 rings (SSSR count). The SMILES string of the molecule is CN(C)CC[C@H]1CCCCN1C(=O)c1cc(F)cc(-c2cc(F)cc(CC(=O)O)c2)c1. The number of hydrogen-bond acceptors (Lipinski definition) is 3. The molecule has 0 saturated carbocycles. The van der Waals surface area contributed by atoms with E-state index in [1.807, 2.05) is 19.0 Å². The highest BCUT2D eigenvalue weighted by molar-refractivity contribution is 5.96. The van der Waals surface area contributed by atoms with Crippen molar-refractivity contribution >= 4 is 11.9 Å². The predicted molar refractivity (Wildman–Crippen MR) is 115 cm³/mol. The molecule has 1 fully saturated rings. The summed E-state index contributed by atoms with van der Waals surface area (Å²) in [5.74, 6) is -2.51. The lowest BCUT2D eigenvalue weighted by molar-refractivity contribution is -0.136. The Bertz CT molecular complexity index is 962. The van der Waals surface area contributed by atoms with Crippen LogP contribution in [0.4, 0.5) is 8.78 Å². The minimum atomic E-state index is -1.08. The number of nitrogens with zero attached hydrogens (tertiary/aromatic N) is 2. The second-order valence-electron chi connectivity index (χ2n) is 8.39. The smallest absolute Gasteiger partial charge is 0.307 e. The second kappa shape index (κ2) is 10.0. The number of carboxylic acids is 1. The first-order valence-electron chi connectivity index (χ1n) is 10.5. The van der Waals surface area contributed by atoms with Gasteiger partial charge in [0, 0.05) is 18.2 Å². The highest BCUT2D eigenvalue weighted by atomic mass is 19.1. The van der Waals surface area contributed by atoms with Gasteiger partial charge in [0.1, 0.15) is 11.6 Å². The summed E-state index contributed by atoms with van der Waals surface area (Å²) in [5, 5.41) is 8.99. The van der Waals surface area contributed by atoms with Crippen LogP contribution in [0.1, 0.15) is 41.6 Å². The molecular weight excluding hydrogens is 402 g/mol. The van der Waals surface area contributed by atoms with Gasteiger partial charge in [-0.05, 0) is 93.3 Å². The molecule has 1 aliphatic rings. The van der Waals surface area contributed by atoms with Crippen LogP contribution in [0.5, 0.6) is 0 Å². The Kier molecular flexibility index (Phi) is 7.38. The third-order valence-corrected chi connectivity index (χ3v) is 5.59. The molecule has 0 bridgehead atoms. The summed E-state index contributed by atoms with van der Waals surface area (Å²) in [7, 11) is 3.98. The monoisotopic (exact) mass is 430 g/mol. The quantitative estimate of drug-likeness (QED) is 0.715. The topological polar surface area (TPSA) is 60.9 Å². The van der Waals surface area contributed by atoms with Crippen LogP contribution in [0.2, 0.25) is 0 Å². The van der Waals surface area contributed by atoms with E-state index in [0.717, 1.165) is 38.3 Å². The van der Waals surface area contributed by atoms with Gasteiger partial charge in [0.15, 0.2) is 0 Å². The standard InChI is InChI=1S/C24H28F2N2O3/c1-27(2)8-6-22-5-3-4-7-28(22)24(31)19-12-18(14-21(26)15-19)17-9-16(11-23(29)30)10-20(25)13-17/h9-10,12-15,22H,3-8,11H2,1-2H3,(H,29,30)/t22-/m1/s1. The molecule has 1 amide bonds. The van der Waals surface area contributed by atoms with Crippen molar-refractivity contribution < 1.29 is 23.5 Å². The maximum atomic E-state index is 14.4. The van der Waals surface area contributed by atoms with Crippen LogP contribution in [0.15, 0.2) is 36.4 Å². The third kappa shape index (κ3) is 6.10. The molecule has 1 atom stereocenters. The minimum Gasteiger partial charge on any atom is -0.481 e. The Hall–Kier alpha value is -2.80. The van der Waals surface area contributed by atoms with E-state index in [-0.39, 0.29) is 29.5 Å². The first-order chi connectivity index (χ1) is 14.7. The second-order valence-corrected chi connectivity index (χ2v) is 8.39. The number of benzene rings is 2. The molecule has 2 aromatic carbocycles. The Morgan fingerprint density at radius 1 is 1.03 bits per heavy atom. The van der Waals surface area contributed by atoms with Crippen LogP contribution in [0.25, 0.3) is 11.1 Å². The number of rotatable bonds is 7. The molecular formula is C24H28F2N2O3. The molecule has 2 aromatic rings. The zero-order chi connectivity index (χ0) is 22.5. The van der Waals surface area contributed by atoms with Gasteiger partial charge in [0.25, 0.3) is 5.91 Å². The summed E-state index contributed by atoms with van der Waals surface area (Å²) >= 11 is 0. The van der Waals surface area contributed by atoms with Gasteiger partial charge in [-0.15, -0.1) is 0 Å². The van der Waals surface area contributed by atoms with Crippen LogP contribution in [-0.4, -0.2) is 60.0 Å². The summed E-state index contributed by atoms with van der Waals surface area (Å²) in [6, 6.07) is 7.98. The highest BCUT2D eigenvalue weighted by Crippen LogP contribution is 2.27. The van der Waals surface area contributed by atoms with Crippen molar-refractivity contribution in [1.82, 2.24) is 9.80 Å². The number of carbonyl (C=O) groups excluding carboxylic acids is 1. The lowest BCUT2D eigenvalue weighted by Crippen LogP contribution is -2.44. The van der Waals surface area contributed by atoms with Crippen LogP contribution < -0.4 is 0 Å². The van der Waals surface area contributed by atoms with Gasteiger partial charge in [0.2, 0.25) is 0 Å². The summed E-state index contributed by atoms with van der Waals surface area (Å²) in [6.45, 7) is 1.49. The molecule has 1 aliphatic heterocycles. The van der Waals surface area contributed by atoms with E-state index in [2.05, 4.69) is 4.90 Å². The predicted octanol–water partition coefficient (Wildman–Crippen LogP) is 4.21. The zero-order valence-electron chi connectivity index (χ0n) is 17.9. The normalized spacial score (nSPS) is 16.5. The molecule has 0 radical (unpaired) electrons. The minimum absolute atomic E-state index is 0.103. The molecule has 166 valence electrons. The molecule has 1 saturated heterocycles. The van der Waals surface area contributed by atoms with Crippen molar-refractivity contribution in [2.24, 2.45) is 0 Å². The van der Waals surface area contributed by atoms with Crippen molar-refractivity contribution in [2.75, 3.05) is 27.2 Å². The van der Waals surface area contributed by atoms with E-state index >= 15 is 0 Å². The molecule has 0 aliphatic carbocycles. The van der Waals surface area contributed by atoms with E-state index in [1.54, 1.807) is 6.07 Å². The molecule has 31 heavy (non-hydrogen) atoms. The fourth-order valence-electron chi connectivity index (χ4n) is 4.11. The van der Waals surface area contributed by atoms with Gasteiger partial charge in [-0.3, -0.25) is 9.59 Å². The number of halogens is 2. The fourth-order valence-corrected chi connectivity index (χ4v) is 4.11. The zero-order valence-corrected chi connectivity index (χ0v) is 17.9. The van der Waals surface area contributed by atoms with Crippen molar-refractivity contribution in [2.45, 2.75) is 38.1 Å². The first kappa shape index (κ1) is 22.9. The van der Waals surface area contributed by atoms with E-state index in [0.29, 0.717) is 17.7 Å².